The number of anilines is 1. The van der Waals surface area contributed by atoms with Crippen molar-refractivity contribution in [3.63, 3.8) is 0 Å². The minimum Gasteiger partial charge on any atom is -0.351 e. The zero-order valence-electron chi connectivity index (χ0n) is 28.5. The molecule has 0 radical (unpaired) electrons. The van der Waals surface area contributed by atoms with Crippen LogP contribution in [0, 0.1) is 17.8 Å². The minimum absolute atomic E-state index is 0.0421. The van der Waals surface area contributed by atoms with Crippen LogP contribution in [-0.2, 0) is 16.0 Å². The molecule has 3 aromatic carbocycles. The summed E-state index contributed by atoms with van der Waals surface area (Å²) in [6, 6.07) is 22.8. The Morgan fingerprint density at radius 3 is 2.31 bits per heavy atom. The molecule has 11 nitrogen and oxygen atoms in total. The average Bonchev–Trinajstić information content (AvgIpc) is 3.69. The van der Waals surface area contributed by atoms with E-state index < -0.39 is 5.92 Å². The topological polar surface area (TPSA) is 159 Å². The highest BCUT2D eigenvalue weighted by molar-refractivity contribution is 5.97. The van der Waals surface area contributed by atoms with E-state index in [0.717, 1.165) is 67.6 Å². The summed E-state index contributed by atoms with van der Waals surface area (Å²) in [5.41, 5.74) is 10.7. The molecule has 1 aliphatic rings. The third-order valence-electron chi connectivity index (χ3n) is 9.68. The Kier molecular flexibility index (Phi) is 12.8. The van der Waals surface area contributed by atoms with E-state index in [-0.39, 0.29) is 29.9 Å². The van der Waals surface area contributed by atoms with Crippen molar-refractivity contribution in [2.24, 2.45) is 23.5 Å². The largest absolute Gasteiger partial charge is 0.351 e. The molecule has 0 saturated heterocycles. The third kappa shape index (κ3) is 9.90. The van der Waals surface area contributed by atoms with Gasteiger partial charge in [0.15, 0.2) is 0 Å². The van der Waals surface area contributed by atoms with Crippen molar-refractivity contribution < 1.29 is 14.4 Å². The molecule has 2 amide bonds. The summed E-state index contributed by atoms with van der Waals surface area (Å²) >= 11 is 0. The average molecular weight is 665 g/mol. The second-order valence-electron chi connectivity index (χ2n) is 12.9. The molecular formula is C38H48N8O3. The molecule has 5 N–H and O–H groups in total. The highest BCUT2D eigenvalue weighted by Gasteiger charge is 2.30. The molecule has 1 saturated carbocycles. The van der Waals surface area contributed by atoms with Crippen molar-refractivity contribution in [2.75, 3.05) is 38.0 Å². The van der Waals surface area contributed by atoms with Gasteiger partial charge in [0.05, 0.1) is 0 Å². The molecule has 1 aromatic heterocycles. The van der Waals surface area contributed by atoms with Crippen LogP contribution in [0.5, 0.6) is 0 Å². The van der Waals surface area contributed by atoms with Gasteiger partial charge in [0, 0.05) is 48.2 Å². The Labute approximate surface area is 288 Å². The first-order chi connectivity index (χ1) is 23.9. The van der Waals surface area contributed by atoms with Gasteiger partial charge >= 0.3 is 0 Å². The Morgan fingerprint density at radius 2 is 1.63 bits per heavy atom. The van der Waals surface area contributed by atoms with Crippen molar-refractivity contribution in [2.45, 2.75) is 52.4 Å². The lowest BCUT2D eigenvalue weighted by atomic mass is 9.77. The van der Waals surface area contributed by atoms with Crippen LogP contribution in [0.3, 0.4) is 0 Å². The number of tetrazole rings is 1. The van der Waals surface area contributed by atoms with E-state index in [0.29, 0.717) is 42.5 Å². The summed E-state index contributed by atoms with van der Waals surface area (Å²) in [4.78, 5) is 42.6. The maximum atomic E-state index is 13.8. The van der Waals surface area contributed by atoms with Gasteiger partial charge in [-0.05, 0) is 116 Å². The lowest BCUT2D eigenvalue weighted by Gasteiger charge is -2.27. The maximum absolute atomic E-state index is 13.8. The van der Waals surface area contributed by atoms with E-state index in [2.05, 4.69) is 50.0 Å². The molecule has 11 heteroatoms. The first-order valence-corrected chi connectivity index (χ1v) is 17.4. The van der Waals surface area contributed by atoms with Crippen molar-refractivity contribution >= 4 is 23.3 Å². The van der Waals surface area contributed by atoms with Gasteiger partial charge in [-0.1, -0.05) is 50.2 Å². The number of aromatic nitrogens is 4. The number of amides is 2. The molecule has 4 aromatic rings. The highest BCUT2D eigenvalue weighted by atomic mass is 16.2. The Balaban J connectivity index is 1.30. The summed E-state index contributed by atoms with van der Waals surface area (Å²) in [5.74, 6) is 0.162. The first-order valence-electron chi connectivity index (χ1n) is 17.4. The lowest BCUT2D eigenvalue weighted by Crippen LogP contribution is -2.34. The number of hydrogen-bond acceptors (Lipinski definition) is 8. The number of hydrogen-bond donors (Lipinski definition) is 4. The van der Waals surface area contributed by atoms with Gasteiger partial charge in [0.25, 0.3) is 5.91 Å². The van der Waals surface area contributed by atoms with Gasteiger partial charge < -0.3 is 21.3 Å². The molecule has 1 atom stereocenters. The Morgan fingerprint density at radius 1 is 0.918 bits per heavy atom. The maximum Gasteiger partial charge on any atom is 0.251 e. The molecule has 5 rings (SSSR count). The molecule has 0 aliphatic heterocycles. The van der Waals surface area contributed by atoms with Crippen molar-refractivity contribution in [1.82, 2.24) is 30.8 Å². The fourth-order valence-electron chi connectivity index (χ4n) is 6.59. The monoisotopic (exact) mass is 664 g/mol. The quantitative estimate of drug-likeness (QED) is 0.128. The van der Waals surface area contributed by atoms with E-state index in [4.69, 9.17) is 5.73 Å². The van der Waals surface area contributed by atoms with Crippen LogP contribution >= 0.6 is 0 Å². The highest BCUT2D eigenvalue weighted by Crippen LogP contribution is 2.31. The number of rotatable bonds is 16. The molecule has 0 spiro atoms. The number of nitrogens with zero attached hydrogens (tertiary/aromatic N) is 4. The molecule has 1 heterocycles. The number of carbonyl (C=O) groups is 3. The summed E-state index contributed by atoms with van der Waals surface area (Å²) in [5, 5.41) is 20.1. The van der Waals surface area contributed by atoms with Crippen LogP contribution in [0.4, 0.5) is 5.69 Å². The lowest BCUT2D eigenvalue weighted by molar-refractivity contribution is -0.129. The SMILES string of the molecule is CCN(CC)CCNC(=O)c1cccc(-c2cccc(C[C@H](CC(=O)C3CCC(CN)CC3)C(=O)Nc3ccc(-c4nn[nH]n4)cc3)c2)c1. The number of nitrogens with two attached hydrogens (primary N) is 1. The number of H-pyrrole nitrogens is 1. The van der Waals surface area contributed by atoms with Crippen LogP contribution in [0.25, 0.3) is 22.5 Å². The molecule has 258 valence electrons. The summed E-state index contributed by atoms with van der Waals surface area (Å²) in [6.07, 6.45) is 4.11. The van der Waals surface area contributed by atoms with Crippen molar-refractivity contribution in [3.8, 4) is 22.5 Å². The number of likely N-dealkylation sites (N-methyl/N-ethyl adjacent to an activating group) is 1. The molecule has 1 aliphatic carbocycles. The van der Waals surface area contributed by atoms with Gasteiger partial charge in [0.2, 0.25) is 11.7 Å². The van der Waals surface area contributed by atoms with Gasteiger partial charge in [-0.2, -0.15) is 5.21 Å². The van der Waals surface area contributed by atoms with Gasteiger partial charge in [-0.25, -0.2) is 0 Å². The number of aromatic amines is 1. The smallest absolute Gasteiger partial charge is 0.251 e. The summed E-state index contributed by atoms with van der Waals surface area (Å²) in [6.45, 7) is 8.15. The van der Waals surface area contributed by atoms with Gasteiger partial charge in [0.1, 0.15) is 5.78 Å². The number of Topliss-reactive ketones (excluding diaryl/α,β-unsaturated/α-hetero) is 1. The summed E-state index contributed by atoms with van der Waals surface area (Å²) < 4.78 is 0. The zero-order valence-corrected chi connectivity index (χ0v) is 28.5. The number of nitrogens with one attached hydrogen (secondary N) is 3. The predicted molar refractivity (Wildman–Crippen MR) is 192 cm³/mol. The Bertz CT molecular complexity index is 1660. The standard InChI is InChI=1S/C38H48N8O3/c1-3-46(4-2)20-19-40-37(48)32-10-6-9-31(23-32)30-8-5-7-27(21-30)22-33(24-35(47)28-13-11-26(25-39)12-14-28)38(49)41-34-17-15-29(16-18-34)36-42-44-45-43-36/h5-10,15-18,21,23,26,28,33H,3-4,11-14,19-20,22,24-25,39H2,1-2H3,(H,40,48)(H,41,49)(H,42,43,44,45)/t26?,28?,33-/m1/s1. The van der Waals surface area contributed by atoms with Gasteiger partial charge in [-0.15, -0.1) is 10.2 Å². The number of ketones is 1. The van der Waals surface area contributed by atoms with Crippen LogP contribution in [0.2, 0.25) is 0 Å². The normalized spacial score (nSPS) is 16.7. The van der Waals surface area contributed by atoms with E-state index >= 15 is 0 Å². The van der Waals surface area contributed by atoms with E-state index in [9.17, 15) is 14.4 Å². The summed E-state index contributed by atoms with van der Waals surface area (Å²) in [7, 11) is 0. The van der Waals surface area contributed by atoms with Crippen molar-refractivity contribution in [1.29, 1.82) is 0 Å². The van der Waals surface area contributed by atoms with Crippen LogP contribution in [0.1, 0.15) is 61.9 Å². The van der Waals surface area contributed by atoms with E-state index in [1.807, 2.05) is 60.7 Å². The predicted octanol–water partition coefficient (Wildman–Crippen LogP) is 5.13. The third-order valence-corrected chi connectivity index (χ3v) is 9.68. The fourth-order valence-corrected chi connectivity index (χ4v) is 6.59. The second kappa shape index (κ2) is 17.6. The van der Waals surface area contributed by atoms with Crippen LogP contribution < -0.4 is 16.4 Å². The molecule has 0 unspecified atom stereocenters. The molecular weight excluding hydrogens is 616 g/mol. The number of carbonyl (C=O) groups excluding carboxylic acids is 3. The molecule has 49 heavy (non-hydrogen) atoms. The van der Waals surface area contributed by atoms with Crippen LogP contribution in [0.15, 0.2) is 72.8 Å². The van der Waals surface area contributed by atoms with E-state index in [1.54, 1.807) is 12.1 Å². The second-order valence-corrected chi connectivity index (χ2v) is 12.9. The fraction of sp³-hybridized carbons (Fsp3) is 0.421. The van der Waals surface area contributed by atoms with Crippen molar-refractivity contribution in [3.05, 3.63) is 83.9 Å². The van der Waals surface area contributed by atoms with Crippen LogP contribution in [-0.4, -0.2) is 75.8 Å². The van der Waals surface area contributed by atoms with E-state index in [1.165, 1.54) is 0 Å². The first kappa shape index (κ1) is 35.6. The Hall–Kier alpha value is -4.74. The number of benzene rings is 3. The minimum atomic E-state index is -0.560. The molecule has 1 fully saturated rings. The van der Waals surface area contributed by atoms with Gasteiger partial charge in [-0.3, -0.25) is 14.4 Å². The zero-order chi connectivity index (χ0) is 34.6. The molecule has 0 bridgehead atoms.